The fraction of sp³-hybridized carbons (Fsp3) is 0.348. The number of hydrogen-bond donors (Lipinski definition) is 1. The lowest BCUT2D eigenvalue weighted by molar-refractivity contribution is 0.0924. The van der Waals surface area contributed by atoms with E-state index in [1.165, 1.54) is 12.8 Å². The number of halogens is 1. The quantitative estimate of drug-likeness (QED) is 0.633. The van der Waals surface area contributed by atoms with Gasteiger partial charge in [-0.2, -0.15) is 0 Å². The first-order chi connectivity index (χ1) is 13.5. The van der Waals surface area contributed by atoms with Crippen molar-refractivity contribution in [3.63, 3.8) is 0 Å². The number of aryl methyl sites for hydroxylation is 1. The van der Waals surface area contributed by atoms with Crippen molar-refractivity contribution in [2.45, 2.75) is 45.6 Å². The number of benzene rings is 1. The third-order valence-electron chi connectivity index (χ3n) is 5.74. The summed E-state index contributed by atoms with van der Waals surface area (Å²) in [6, 6.07) is 9.66. The summed E-state index contributed by atoms with van der Waals surface area (Å²) < 4.78 is 0. The van der Waals surface area contributed by atoms with Gasteiger partial charge in [-0.25, -0.2) is 4.98 Å². The van der Waals surface area contributed by atoms with Crippen molar-refractivity contribution in [2.24, 2.45) is 5.92 Å². The zero-order chi connectivity index (χ0) is 19.7. The first-order valence-electron chi connectivity index (χ1n) is 9.84. The summed E-state index contributed by atoms with van der Waals surface area (Å²) in [5, 5.41) is 4.74. The molecule has 0 bridgehead atoms. The van der Waals surface area contributed by atoms with Crippen molar-refractivity contribution in [3.05, 3.63) is 58.9 Å². The number of pyridine rings is 2. The largest absolute Gasteiger partial charge is 0.349 e. The maximum absolute atomic E-state index is 13.2. The topological polar surface area (TPSA) is 54.9 Å². The van der Waals surface area contributed by atoms with Gasteiger partial charge in [0.15, 0.2) is 0 Å². The van der Waals surface area contributed by atoms with Gasteiger partial charge in [0.25, 0.3) is 5.91 Å². The summed E-state index contributed by atoms with van der Waals surface area (Å²) in [6.07, 6.45) is 7.87. The Morgan fingerprint density at radius 3 is 2.54 bits per heavy atom. The van der Waals surface area contributed by atoms with Crippen LogP contribution in [0.4, 0.5) is 0 Å². The molecule has 2 heterocycles. The van der Waals surface area contributed by atoms with Crippen molar-refractivity contribution < 1.29 is 4.79 Å². The molecule has 1 aromatic carbocycles. The highest BCUT2D eigenvalue weighted by atomic mass is 35.5. The van der Waals surface area contributed by atoms with E-state index in [1.807, 2.05) is 37.3 Å². The Labute approximate surface area is 170 Å². The number of hydrogen-bond acceptors (Lipinski definition) is 3. The molecule has 1 fully saturated rings. The zero-order valence-electron chi connectivity index (χ0n) is 16.2. The zero-order valence-corrected chi connectivity index (χ0v) is 17.0. The third kappa shape index (κ3) is 3.74. The van der Waals surface area contributed by atoms with Gasteiger partial charge in [-0.05, 0) is 68.4 Å². The van der Waals surface area contributed by atoms with Crippen LogP contribution in [0.15, 0.2) is 42.7 Å². The molecular weight excluding hydrogens is 370 g/mol. The van der Waals surface area contributed by atoms with Crippen LogP contribution in [0.5, 0.6) is 0 Å². The maximum Gasteiger partial charge on any atom is 0.252 e. The lowest BCUT2D eigenvalue weighted by Gasteiger charge is -2.27. The van der Waals surface area contributed by atoms with Crippen LogP contribution in [0, 0.1) is 12.8 Å². The van der Waals surface area contributed by atoms with Gasteiger partial charge in [-0.15, -0.1) is 0 Å². The lowest BCUT2D eigenvalue weighted by atomic mass is 9.87. The summed E-state index contributed by atoms with van der Waals surface area (Å²) >= 11 is 6.34. The summed E-state index contributed by atoms with van der Waals surface area (Å²) in [4.78, 5) is 22.1. The van der Waals surface area contributed by atoms with Crippen molar-refractivity contribution in [1.82, 2.24) is 15.3 Å². The summed E-state index contributed by atoms with van der Waals surface area (Å²) in [7, 11) is 0. The molecule has 3 aromatic rings. The Kier molecular flexibility index (Phi) is 5.31. The van der Waals surface area contributed by atoms with Crippen LogP contribution in [-0.2, 0) is 0 Å². The van der Waals surface area contributed by atoms with Gasteiger partial charge < -0.3 is 5.32 Å². The fourth-order valence-electron chi connectivity index (χ4n) is 3.93. The van der Waals surface area contributed by atoms with Crippen molar-refractivity contribution >= 4 is 28.4 Å². The average molecular weight is 394 g/mol. The number of carbonyl (C=O) groups excluding carboxylic acids is 1. The highest BCUT2D eigenvalue weighted by molar-refractivity contribution is 6.32. The van der Waals surface area contributed by atoms with E-state index in [2.05, 4.69) is 17.2 Å². The van der Waals surface area contributed by atoms with E-state index in [1.54, 1.807) is 12.4 Å². The number of nitrogens with one attached hydrogen (secondary N) is 1. The van der Waals surface area contributed by atoms with E-state index in [0.29, 0.717) is 10.6 Å². The molecule has 4 nitrogen and oxygen atoms in total. The van der Waals surface area contributed by atoms with E-state index < -0.39 is 0 Å². The molecule has 1 aliphatic rings. The molecule has 1 amide bonds. The van der Waals surface area contributed by atoms with E-state index in [0.717, 1.165) is 46.5 Å². The van der Waals surface area contributed by atoms with Gasteiger partial charge in [0.2, 0.25) is 0 Å². The van der Waals surface area contributed by atoms with Crippen molar-refractivity contribution in [1.29, 1.82) is 0 Å². The highest BCUT2D eigenvalue weighted by Gasteiger charge is 2.22. The lowest BCUT2D eigenvalue weighted by Crippen LogP contribution is -2.37. The Morgan fingerprint density at radius 2 is 1.82 bits per heavy atom. The van der Waals surface area contributed by atoms with Crippen molar-refractivity contribution in [2.75, 3.05) is 0 Å². The number of carbonyl (C=O) groups is 1. The van der Waals surface area contributed by atoms with Gasteiger partial charge in [0.05, 0.1) is 16.8 Å². The SMILES string of the molecule is Cc1c(Cl)ccc2c(C(=O)NC3CCC(C)CC3)cc(-c3ccncc3)nc12. The van der Waals surface area contributed by atoms with Crippen LogP contribution < -0.4 is 5.32 Å². The number of rotatable bonds is 3. The molecule has 1 saturated carbocycles. The number of aromatic nitrogens is 2. The Balaban J connectivity index is 1.77. The minimum Gasteiger partial charge on any atom is -0.349 e. The molecule has 0 aliphatic heterocycles. The Hall–Kier alpha value is -2.46. The smallest absolute Gasteiger partial charge is 0.252 e. The van der Waals surface area contributed by atoms with Crippen LogP contribution in [0.3, 0.4) is 0 Å². The fourth-order valence-corrected chi connectivity index (χ4v) is 4.08. The minimum atomic E-state index is -0.0380. The average Bonchev–Trinajstić information content (AvgIpc) is 2.72. The van der Waals surface area contributed by atoms with Gasteiger partial charge in [0, 0.05) is 34.4 Å². The van der Waals surface area contributed by atoms with Crippen LogP contribution in [0.25, 0.3) is 22.2 Å². The molecule has 0 saturated heterocycles. The first-order valence-corrected chi connectivity index (χ1v) is 10.2. The number of fused-ring (bicyclic) bond motifs is 1. The van der Waals surface area contributed by atoms with E-state index in [4.69, 9.17) is 16.6 Å². The number of nitrogens with zero attached hydrogens (tertiary/aromatic N) is 2. The van der Waals surface area contributed by atoms with Gasteiger partial charge in [0.1, 0.15) is 0 Å². The third-order valence-corrected chi connectivity index (χ3v) is 6.15. The summed E-state index contributed by atoms with van der Waals surface area (Å²) in [5.41, 5.74) is 3.98. The molecule has 2 aromatic heterocycles. The Bertz CT molecular complexity index is 1010. The Morgan fingerprint density at radius 1 is 1.11 bits per heavy atom. The molecule has 0 radical (unpaired) electrons. The predicted octanol–water partition coefficient (Wildman–Crippen LogP) is 5.57. The molecule has 0 spiro atoms. The molecule has 1 N–H and O–H groups in total. The van der Waals surface area contributed by atoms with Crippen LogP contribution >= 0.6 is 11.6 Å². The van der Waals surface area contributed by atoms with Crippen LogP contribution in [-0.4, -0.2) is 21.9 Å². The van der Waals surface area contributed by atoms with Crippen LogP contribution in [0.2, 0.25) is 5.02 Å². The molecule has 0 unspecified atom stereocenters. The van der Waals surface area contributed by atoms with E-state index in [9.17, 15) is 4.79 Å². The molecule has 0 atom stereocenters. The monoisotopic (exact) mass is 393 g/mol. The highest BCUT2D eigenvalue weighted by Crippen LogP contribution is 2.30. The second-order valence-electron chi connectivity index (χ2n) is 7.79. The first kappa shape index (κ1) is 18.9. The second kappa shape index (κ2) is 7.88. The van der Waals surface area contributed by atoms with Crippen LogP contribution in [0.1, 0.15) is 48.5 Å². The second-order valence-corrected chi connectivity index (χ2v) is 8.20. The molecule has 5 heteroatoms. The number of amides is 1. The normalized spacial score (nSPS) is 19.5. The summed E-state index contributed by atoms with van der Waals surface area (Å²) in [5.74, 6) is 0.710. The standard InChI is InChI=1S/C23H24ClN3O/c1-14-3-5-17(6-4-14)26-23(28)19-13-21(16-9-11-25-12-10-16)27-22-15(2)20(24)8-7-18(19)22/h7-14,17H,3-6H2,1-2H3,(H,26,28). The van der Waals surface area contributed by atoms with Gasteiger partial charge in [-0.1, -0.05) is 24.6 Å². The summed E-state index contributed by atoms with van der Waals surface area (Å²) in [6.45, 7) is 4.22. The van der Waals surface area contributed by atoms with Gasteiger partial charge in [-0.3, -0.25) is 9.78 Å². The molecule has 28 heavy (non-hydrogen) atoms. The predicted molar refractivity (Wildman–Crippen MR) is 114 cm³/mol. The van der Waals surface area contributed by atoms with E-state index >= 15 is 0 Å². The van der Waals surface area contributed by atoms with Gasteiger partial charge >= 0.3 is 0 Å². The molecule has 144 valence electrons. The molecular formula is C23H24ClN3O. The van der Waals surface area contributed by atoms with E-state index in [-0.39, 0.29) is 11.9 Å². The maximum atomic E-state index is 13.2. The minimum absolute atomic E-state index is 0.0380. The van der Waals surface area contributed by atoms with Crippen molar-refractivity contribution in [3.8, 4) is 11.3 Å². The molecule has 4 rings (SSSR count). The molecule has 1 aliphatic carbocycles.